The Morgan fingerprint density at radius 1 is 0.935 bits per heavy atom. The summed E-state index contributed by atoms with van der Waals surface area (Å²) in [6.45, 7) is 0.301. The predicted molar refractivity (Wildman–Crippen MR) is 117 cm³/mol. The summed E-state index contributed by atoms with van der Waals surface area (Å²) in [6.07, 6.45) is -0.876. The molecular weight excluding hydrogens is 416 g/mol. The van der Waals surface area contributed by atoms with Crippen molar-refractivity contribution in [1.29, 1.82) is 0 Å². The van der Waals surface area contributed by atoms with E-state index in [0.29, 0.717) is 16.2 Å². The van der Waals surface area contributed by atoms with Gasteiger partial charge in [-0.25, -0.2) is 14.1 Å². The Morgan fingerprint density at radius 3 is 1.97 bits per heavy atom. The molecule has 7 heteroatoms. The summed E-state index contributed by atoms with van der Waals surface area (Å²) in [4.78, 5) is 26.0. The van der Waals surface area contributed by atoms with Crippen LogP contribution in [0.15, 0.2) is 84.9 Å². The van der Waals surface area contributed by atoms with Crippen LogP contribution in [0.3, 0.4) is 0 Å². The van der Waals surface area contributed by atoms with Gasteiger partial charge in [0.1, 0.15) is 12.4 Å². The van der Waals surface area contributed by atoms with Crippen LogP contribution >= 0.6 is 7.14 Å². The summed E-state index contributed by atoms with van der Waals surface area (Å²) in [6, 6.07) is 23.6. The lowest BCUT2D eigenvalue weighted by atomic mass is 10.1. The van der Waals surface area contributed by atoms with Gasteiger partial charge < -0.3 is 9.30 Å². The Morgan fingerprint density at radius 2 is 1.48 bits per heavy atom. The highest BCUT2D eigenvalue weighted by molar-refractivity contribution is 7.79. The third-order valence-electron chi connectivity index (χ3n) is 5.40. The molecule has 1 saturated heterocycles. The lowest BCUT2D eigenvalue weighted by Gasteiger charge is -2.29. The minimum atomic E-state index is -3.41. The van der Waals surface area contributed by atoms with Crippen molar-refractivity contribution in [2.45, 2.75) is 12.1 Å². The predicted octanol–water partition coefficient (Wildman–Crippen LogP) is 4.25. The number of cyclic esters (lactones) is 1. The second-order valence-electron chi connectivity index (χ2n) is 7.26. The zero-order valence-corrected chi connectivity index (χ0v) is 17.6. The van der Waals surface area contributed by atoms with E-state index in [0.717, 1.165) is 4.90 Å². The van der Waals surface area contributed by atoms with Crippen LogP contribution in [0.2, 0.25) is 0 Å². The van der Waals surface area contributed by atoms with Gasteiger partial charge >= 0.3 is 6.09 Å². The smallest absolute Gasteiger partial charge is 0.416 e. The molecule has 0 aromatic heterocycles. The third kappa shape index (κ3) is 4.17. The van der Waals surface area contributed by atoms with E-state index in [4.69, 9.17) is 4.74 Å². The first-order valence-electron chi connectivity index (χ1n) is 9.93. The largest absolute Gasteiger partial charge is 0.447 e. The molecule has 1 aliphatic rings. The van der Waals surface area contributed by atoms with E-state index in [1.165, 1.54) is 12.1 Å². The van der Waals surface area contributed by atoms with Crippen molar-refractivity contribution >= 4 is 29.8 Å². The van der Waals surface area contributed by atoms with Crippen molar-refractivity contribution in [2.24, 2.45) is 0 Å². The molecule has 1 aliphatic heterocycles. The zero-order chi connectivity index (χ0) is 21.8. The first-order valence-corrected chi connectivity index (χ1v) is 11.7. The Labute approximate surface area is 179 Å². The number of benzene rings is 3. The lowest BCUT2D eigenvalue weighted by Crippen LogP contribution is -2.34. The lowest BCUT2D eigenvalue weighted by molar-refractivity contribution is -0.127. The fraction of sp³-hybridized carbons (Fsp3) is 0.167. The summed E-state index contributed by atoms with van der Waals surface area (Å²) in [5.41, 5.74) is -0.211. The number of rotatable bonds is 6. The fourth-order valence-electron chi connectivity index (χ4n) is 3.84. The molecule has 0 aliphatic carbocycles. The molecule has 0 radical (unpaired) electrons. The molecule has 0 saturated carbocycles. The highest BCUT2D eigenvalue weighted by Crippen LogP contribution is 2.59. The Hall–Kier alpha value is -3.24. The summed E-state index contributed by atoms with van der Waals surface area (Å²) in [5.74, 6) is -0.893. The summed E-state index contributed by atoms with van der Waals surface area (Å²) in [5, 5.41) is 1.18. The molecule has 5 nitrogen and oxygen atoms in total. The van der Waals surface area contributed by atoms with E-state index in [-0.39, 0.29) is 19.6 Å². The molecule has 0 spiro atoms. The van der Waals surface area contributed by atoms with Gasteiger partial charge in [0.05, 0.1) is 12.2 Å². The molecule has 1 atom stereocenters. The molecule has 2 amide bonds. The number of hydrogen-bond acceptors (Lipinski definition) is 4. The van der Waals surface area contributed by atoms with Gasteiger partial charge in [-0.2, -0.15) is 0 Å². The van der Waals surface area contributed by atoms with Crippen molar-refractivity contribution in [3.05, 3.63) is 96.3 Å². The molecular formula is C24H21FNO4P. The van der Waals surface area contributed by atoms with Gasteiger partial charge in [-0.3, -0.25) is 4.79 Å². The van der Waals surface area contributed by atoms with Crippen molar-refractivity contribution in [1.82, 2.24) is 4.90 Å². The first kappa shape index (κ1) is 21.0. The monoisotopic (exact) mass is 437 g/mol. The van der Waals surface area contributed by atoms with E-state index < -0.39 is 30.6 Å². The number of ether oxygens (including phenoxy) is 1. The highest BCUT2D eigenvalue weighted by Gasteiger charge is 2.41. The molecule has 1 fully saturated rings. The van der Waals surface area contributed by atoms with Crippen molar-refractivity contribution in [3.63, 3.8) is 0 Å². The Bertz CT molecular complexity index is 1080. The van der Waals surface area contributed by atoms with Gasteiger partial charge in [0.25, 0.3) is 0 Å². The third-order valence-corrected chi connectivity index (χ3v) is 8.89. The normalized spacial score (nSPS) is 14.9. The van der Waals surface area contributed by atoms with Crippen LogP contribution in [0.5, 0.6) is 0 Å². The number of hydrogen-bond donors (Lipinski definition) is 0. The quantitative estimate of drug-likeness (QED) is 0.541. The summed E-state index contributed by atoms with van der Waals surface area (Å²) in [7, 11) is -3.41. The van der Waals surface area contributed by atoms with E-state index in [1.807, 2.05) is 12.1 Å². The number of carbonyl (C=O) groups excluding carboxylic acids is 2. The molecule has 158 valence electrons. The molecule has 0 bridgehead atoms. The van der Waals surface area contributed by atoms with Crippen LogP contribution in [0.25, 0.3) is 0 Å². The number of halogens is 1. The Balaban J connectivity index is 1.86. The summed E-state index contributed by atoms with van der Waals surface area (Å²) >= 11 is 0. The average molecular weight is 437 g/mol. The van der Waals surface area contributed by atoms with Crippen LogP contribution < -0.4 is 10.6 Å². The van der Waals surface area contributed by atoms with Crippen LogP contribution in [-0.2, 0) is 14.1 Å². The first-order chi connectivity index (χ1) is 15.0. The number of carbonyl (C=O) groups is 2. The van der Waals surface area contributed by atoms with E-state index in [1.54, 1.807) is 60.7 Å². The number of amides is 2. The maximum absolute atomic E-state index is 14.9. The van der Waals surface area contributed by atoms with Crippen molar-refractivity contribution in [3.8, 4) is 0 Å². The SMILES string of the molecule is O=C(C[C@@H](c1ccc(F)cc1)P(=O)(c1ccccc1)c1ccccc1)N1CCOC1=O. The van der Waals surface area contributed by atoms with Crippen LogP contribution in [-0.4, -0.2) is 30.1 Å². The van der Waals surface area contributed by atoms with E-state index in [2.05, 4.69) is 0 Å². The zero-order valence-electron chi connectivity index (χ0n) is 16.7. The molecule has 3 aromatic rings. The fourth-order valence-corrected chi connectivity index (χ4v) is 7.10. The molecule has 3 aromatic carbocycles. The highest BCUT2D eigenvalue weighted by atomic mass is 31.2. The van der Waals surface area contributed by atoms with Crippen LogP contribution in [0.1, 0.15) is 17.6 Å². The number of imide groups is 1. The Kier molecular flexibility index (Phi) is 6.01. The maximum Gasteiger partial charge on any atom is 0.416 e. The molecule has 31 heavy (non-hydrogen) atoms. The van der Waals surface area contributed by atoms with Crippen molar-refractivity contribution in [2.75, 3.05) is 13.2 Å². The van der Waals surface area contributed by atoms with E-state index >= 15 is 0 Å². The van der Waals surface area contributed by atoms with Gasteiger partial charge in [-0.05, 0) is 17.7 Å². The standard InChI is InChI=1S/C24H21FNO4P/c25-19-13-11-18(12-14-19)22(17-23(27)26-15-16-30-24(26)28)31(29,20-7-3-1-4-8-20)21-9-5-2-6-10-21/h1-14,22H,15-17H2/t22-/m0/s1. The molecule has 4 rings (SSSR count). The van der Waals surface area contributed by atoms with Crippen LogP contribution in [0, 0.1) is 5.82 Å². The second-order valence-corrected chi connectivity index (χ2v) is 10.2. The maximum atomic E-state index is 14.9. The van der Waals surface area contributed by atoms with Gasteiger partial charge in [0.2, 0.25) is 5.91 Å². The molecule has 0 unspecified atom stereocenters. The van der Waals surface area contributed by atoms with Gasteiger partial charge in [0, 0.05) is 17.0 Å². The van der Waals surface area contributed by atoms with Gasteiger partial charge in [0.15, 0.2) is 7.14 Å². The molecule has 1 heterocycles. The average Bonchev–Trinajstić information content (AvgIpc) is 3.25. The van der Waals surface area contributed by atoms with Gasteiger partial charge in [-0.15, -0.1) is 0 Å². The minimum absolute atomic E-state index is 0.140. The number of nitrogens with zero attached hydrogens (tertiary/aromatic N) is 1. The summed E-state index contributed by atoms with van der Waals surface area (Å²) < 4.78 is 33.4. The minimum Gasteiger partial charge on any atom is -0.447 e. The van der Waals surface area contributed by atoms with Gasteiger partial charge in [-0.1, -0.05) is 72.8 Å². The topological polar surface area (TPSA) is 63.7 Å². The van der Waals surface area contributed by atoms with Crippen LogP contribution in [0.4, 0.5) is 9.18 Å². The van der Waals surface area contributed by atoms with Crippen molar-refractivity contribution < 1.29 is 23.3 Å². The second kappa shape index (κ2) is 8.86. The van der Waals surface area contributed by atoms with E-state index in [9.17, 15) is 18.5 Å². The molecule has 0 N–H and O–H groups in total.